The van der Waals surface area contributed by atoms with Gasteiger partial charge in [0.05, 0.1) is 4.90 Å². The SMILES string of the molecule is CCc1cc(-c2ncns2)ccc1S(=O)(=O)N[C@H]1CCC[C@@H](n2cnnc2)C1. The Morgan fingerprint density at radius 1 is 1.25 bits per heavy atom. The summed E-state index contributed by atoms with van der Waals surface area (Å²) in [5, 5.41) is 8.51. The summed E-state index contributed by atoms with van der Waals surface area (Å²) >= 11 is 1.30. The van der Waals surface area contributed by atoms with Gasteiger partial charge in [0.15, 0.2) is 0 Å². The molecule has 1 saturated carbocycles. The van der Waals surface area contributed by atoms with Gasteiger partial charge in [-0.15, -0.1) is 10.2 Å². The second-order valence-electron chi connectivity index (χ2n) is 6.97. The molecule has 1 aliphatic carbocycles. The Bertz CT molecular complexity index is 1020. The molecule has 0 spiro atoms. The molecule has 2 heterocycles. The zero-order chi connectivity index (χ0) is 19.6. The van der Waals surface area contributed by atoms with Crippen LogP contribution < -0.4 is 4.72 Å². The number of benzene rings is 1. The number of nitrogens with one attached hydrogen (secondary N) is 1. The number of sulfonamides is 1. The molecule has 4 rings (SSSR count). The molecule has 1 fully saturated rings. The minimum absolute atomic E-state index is 0.0984. The lowest BCUT2D eigenvalue weighted by Crippen LogP contribution is -2.39. The molecular formula is C18H22N6O2S2. The van der Waals surface area contributed by atoms with Gasteiger partial charge in [0, 0.05) is 17.6 Å². The Balaban J connectivity index is 1.54. The minimum atomic E-state index is -3.60. The van der Waals surface area contributed by atoms with Gasteiger partial charge in [-0.3, -0.25) is 0 Å². The average Bonchev–Trinajstić information content (AvgIpc) is 3.41. The summed E-state index contributed by atoms with van der Waals surface area (Å²) in [4.78, 5) is 4.55. The first kappa shape index (κ1) is 19.2. The van der Waals surface area contributed by atoms with Crippen molar-refractivity contribution in [1.82, 2.24) is 28.8 Å². The molecule has 8 nitrogen and oxygen atoms in total. The lowest BCUT2D eigenvalue weighted by molar-refractivity contribution is 0.305. The Morgan fingerprint density at radius 2 is 2.07 bits per heavy atom. The lowest BCUT2D eigenvalue weighted by Gasteiger charge is -2.30. The van der Waals surface area contributed by atoms with Crippen LogP contribution in [0.3, 0.4) is 0 Å². The molecular weight excluding hydrogens is 396 g/mol. The fraction of sp³-hybridized carbons (Fsp3) is 0.444. The van der Waals surface area contributed by atoms with Gasteiger partial charge in [0.25, 0.3) is 0 Å². The van der Waals surface area contributed by atoms with Gasteiger partial charge in [-0.25, -0.2) is 18.1 Å². The third-order valence-electron chi connectivity index (χ3n) is 5.17. The zero-order valence-electron chi connectivity index (χ0n) is 15.5. The van der Waals surface area contributed by atoms with Crippen molar-refractivity contribution in [3.8, 4) is 10.6 Å². The van der Waals surface area contributed by atoms with Gasteiger partial charge >= 0.3 is 0 Å². The highest BCUT2D eigenvalue weighted by Crippen LogP contribution is 2.30. The van der Waals surface area contributed by atoms with Crippen LogP contribution in [0.4, 0.5) is 0 Å². The van der Waals surface area contributed by atoms with E-state index in [4.69, 9.17) is 0 Å². The molecule has 1 aromatic carbocycles. The van der Waals surface area contributed by atoms with E-state index in [0.717, 1.165) is 41.8 Å². The molecule has 1 N–H and O–H groups in total. The monoisotopic (exact) mass is 418 g/mol. The molecule has 0 amide bonds. The maximum atomic E-state index is 13.1. The van der Waals surface area contributed by atoms with Crippen LogP contribution in [-0.4, -0.2) is 38.6 Å². The van der Waals surface area contributed by atoms with Gasteiger partial charge in [-0.05, 0) is 61.3 Å². The third kappa shape index (κ3) is 3.98. The predicted octanol–water partition coefficient (Wildman–Crippen LogP) is 2.82. The molecule has 0 aliphatic heterocycles. The van der Waals surface area contributed by atoms with Crippen molar-refractivity contribution in [2.75, 3.05) is 0 Å². The highest BCUT2D eigenvalue weighted by atomic mass is 32.2. The number of nitrogens with zero attached hydrogens (tertiary/aromatic N) is 5. The van der Waals surface area contributed by atoms with Crippen molar-refractivity contribution in [1.29, 1.82) is 0 Å². The van der Waals surface area contributed by atoms with Crippen LogP contribution >= 0.6 is 11.5 Å². The molecule has 0 saturated heterocycles. The van der Waals surface area contributed by atoms with Gasteiger partial charge < -0.3 is 4.57 Å². The first-order chi connectivity index (χ1) is 13.6. The molecule has 148 valence electrons. The van der Waals surface area contributed by atoms with Crippen molar-refractivity contribution < 1.29 is 8.42 Å². The standard InChI is InChI=1S/C18H22N6O2S2/c1-2-13-8-14(18-19-10-22-27-18)6-7-17(13)28(25,26)23-15-4-3-5-16(9-15)24-11-20-21-12-24/h6-8,10-12,15-16,23H,2-5,9H2,1H3/t15-,16+/m0/s1. The normalized spacial score (nSPS) is 20.3. The maximum Gasteiger partial charge on any atom is 0.241 e. The molecule has 2 atom stereocenters. The van der Waals surface area contributed by atoms with E-state index < -0.39 is 10.0 Å². The van der Waals surface area contributed by atoms with Crippen molar-refractivity contribution in [3.05, 3.63) is 42.7 Å². The Morgan fingerprint density at radius 3 is 2.79 bits per heavy atom. The van der Waals surface area contributed by atoms with Crippen molar-refractivity contribution in [2.24, 2.45) is 0 Å². The van der Waals surface area contributed by atoms with Crippen LogP contribution in [0.15, 0.2) is 42.1 Å². The molecule has 0 bridgehead atoms. The molecule has 28 heavy (non-hydrogen) atoms. The fourth-order valence-corrected chi connectivity index (χ4v) is 5.87. The minimum Gasteiger partial charge on any atom is -0.317 e. The summed E-state index contributed by atoms with van der Waals surface area (Å²) in [6.07, 6.45) is 9.07. The van der Waals surface area contributed by atoms with Gasteiger partial charge in [0.2, 0.25) is 10.0 Å². The number of hydrogen-bond donors (Lipinski definition) is 1. The summed E-state index contributed by atoms with van der Waals surface area (Å²) in [7, 11) is -3.60. The number of aryl methyl sites for hydroxylation is 1. The molecule has 1 aliphatic rings. The zero-order valence-corrected chi connectivity index (χ0v) is 17.2. The molecule has 3 aromatic rings. The van der Waals surface area contributed by atoms with Crippen LogP contribution in [0.25, 0.3) is 10.6 Å². The van der Waals surface area contributed by atoms with Crippen LogP contribution in [0.2, 0.25) is 0 Å². The van der Waals surface area contributed by atoms with E-state index in [1.807, 2.05) is 17.6 Å². The van der Waals surface area contributed by atoms with E-state index in [0.29, 0.717) is 11.3 Å². The molecule has 10 heteroatoms. The first-order valence-electron chi connectivity index (χ1n) is 9.33. The highest BCUT2D eigenvalue weighted by molar-refractivity contribution is 7.89. The summed E-state index contributed by atoms with van der Waals surface area (Å²) in [6, 6.07) is 5.50. The largest absolute Gasteiger partial charge is 0.317 e. The van der Waals surface area contributed by atoms with Gasteiger partial charge in [-0.1, -0.05) is 13.0 Å². The molecule has 0 radical (unpaired) electrons. The molecule has 0 unspecified atom stereocenters. The summed E-state index contributed by atoms with van der Waals surface area (Å²) in [5.41, 5.74) is 1.68. The van der Waals surface area contributed by atoms with Gasteiger partial charge in [-0.2, -0.15) is 4.37 Å². The van der Waals surface area contributed by atoms with Crippen LogP contribution in [0.1, 0.15) is 44.2 Å². The smallest absolute Gasteiger partial charge is 0.241 e. The highest BCUT2D eigenvalue weighted by Gasteiger charge is 2.28. The van der Waals surface area contributed by atoms with E-state index >= 15 is 0 Å². The predicted molar refractivity (Wildman–Crippen MR) is 106 cm³/mol. The second kappa shape index (κ2) is 8.06. The van der Waals surface area contributed by atoms with E-state index in [-0.39, 0.29) is 12.1 Å². The van der Waals surface area contributed by atoms with Crippen LogP contribution in [0, 0.1) is 0 Å². The van der Waals surface area contributed by atoms with Gasteiger partial charge in [0.1, 0.15) is 24.0 Å². The average molecular weight is 419 g/mol. The van der Waals surface area contributed by atoms with Crippen molar-refractivity contribution in [2.45, 2.75) is 56.0 Å². The summed E-state index contributed by atoms with van der Waals surface area (Å²) < 4.78 is 35.1. The Labute approximate surface area is 168 Å². The summed E-state index contributed by atoms with van der Waals surface area (Å²) in [6.45, 7) is 1.96. The Kier molecular flexibility index (Phi) is 5.51. The number of hydrogen-bond acceptors (Lipinski definition) is 7. The number of aromatic nitrogens is 5. The van der Waals surface area contributed by atoms with E-state index in [9.17, 15) is 8.42 Å². The van der Waals surface area contributed by atoms with Crippen molar-refractivity contribution in [3.63, 3.8) is 0 Å². The maximum absolute atomic E-state index is 13.1. The molecule has 2 aromatic heterocycles. The third-order valence-corrected chi connectivity index (χ3v) is 7.50. The van der Waals surface area contributed by atoms with Crippen LogP contribution in [0.5, 0.6) is 0 Å². The summed E-state index contributed by atoms with van der Waals surface area (Å²) in [5.74, 6) is 0. The van der Waals surface area contributed by atoms with E-state index in [1.54, 1.807) is 24.8 Å². The first-order valence-corrected chi connectivity index (χ1v) is 11.6. The lowest BCUT2D eigenvalue weighted by atomic mass is 9.91. The van der Waals surface area contributed by atoms with Crippen molar-refractivity contribution >= 4 is 21.6 Å². The number of rotatable bonds is 6. The van der Waals surface area contributed by atoms with Crippen LogP contribution in [-0.2, 0) is 16.4 Å². The van der Waals surface area contributed by atoms with E-state index in [2.05, 4.69) is 24.3 Å². The topological polar surface area (TPSA) is 103 Å². The second-order valence-corrected chi connectivity index (χ2v) is 9.43. The quantitative estimate of drug-likeness (QED) is 0.660. The fourth-order valence-electron chi connectivity index (χ4n) is 3.77. The Hall–Kier alpha value is -2.17. The van der Waals surface area contributed by atoms with E-state index in [1.165, 1.54) is 17.9 Å².